The largest absolute Gasteiger partial charge is 0.410 e. The van der Waals surface area contributed by atoms with Gasteiger partial charge in [0.2, 0.25) is 0 Å². The summed E-state index contributed by atoms with van der Waals surface area (Å²) in [5.41, 5.74) is 2.49. The molecule has 188 valence electrons. The van der Waals surface area contributed by atoms with E-state index in [0.29, 0.717) is 23.6 Å². The number of aromatic nitrogens is 4. The quantitative estimate of drug-likeness (QED) is 0.325. The van der Waals surface area contributed by atoms with Gasteiger partial charge in [0.05, 0.1) is 35.9 Å². The molecule has 36 heavy (non-hydrogen) atoms. The van der Waals surface area contributed by atoms with Crippen molar-refractivity contribution >= 4 is 28.7 Å². The summed E-state index contributed by atoms with van der Waals surface area (Å²) in [6, 6.07) is 7.10. The number of thiophene rings is 1. The first-order valence-electron chi connectivity index (χ1n) is 11.2. The Kier molecular flexibility index (Phi) is 6.07. The zero-order chi connectivity index (χ0) is 25.6. The van der Waals surface area contributed by atoms with Gasteiger partial charge in [0, 0.05) is 11.3 Å². The molecule has 0 saturated heterocycles. The van der Waals surface area contributed by atoms with Crippen molar-refractivity contribution in [3.63, 3.8) is 0 Å². The van der Waals surface area contributed by atoms with Gasteiger partial charge in [-0.25, -0.2) is 9.07 Å². The summed E-state index contributed by atoms with van der Waals surface area (Å²) < 4.78 is 57.4. The number of nitrogens with zero attached hydrogens (tertiary/aromatic N) is 4. The number of aryl methyl sites for hydroxylation is 1. The number of carbonyl (C=O) groups is 1. The molecule has 0 saturated carbocycles. The smallest absolute Gasteiger partial charge is 0.362 e. The summed E-state index contributed by atoms with van der Waals surface area (Å²) >= 11 is 1.35. The summed E-state index contributed by atoms with van der Waals surface area (Å²) in [7, 11) is 0. The molecular weight excluding hydrogens is 496 g/mol. The third kappa shape index (κ3) is 4.48. The molecule has 0 spiro atoms. The first-order valence-corrected chi connectivity index (χ1v) is 12.0. The molecule has 0 unspecified atom stereocenters. The Hall–Kier alpha value is -3.67. The van der Waals surface area contributed by atoms with E-state index in [4.69, 9.17) is 0 Å². The number of anilines is 2. The average Bonchev–Trinajstić information content (AvgIpc) is 3.56. The molecular formula is C24H22F4N6OS. The van der Waals surface area contributed by atoms with Crippen LogP contribution >= 0.6 is 11.3 Å². The van der Waals surface area contributed by atoms with Crippen LogP contribution in [0.5, 0.6) is 0 Å². The van der Waals surface area contributed by atoms with Gasteiger partial charge < -0.3 is 10.6 Å². The number of nitrogens with one attached hydrogen (secondary N) is 2. The van der Waals surface area contributed by atoms with Gasteiger partial charge >= 0.3 is 6.18 Å². The van der Waals surface area contributed by atoms with E-state index in [1.807, 2.05) is 0 Å². The molecule has 3 aromatic heterocycles. The second-order valence-electron chi connectivity index (χ2n) is 8.64. The van der Waals surface area contributed by atoms with E-state index in [2.05, 4.69) is 20.8 Å². The van der Waals surface area contributed by atoms with Crippen molar-refractivity contribution in [1.82, 2.24) is 19.6 Å². The molecule has 2 atom stereocenters. The summed E-state index contributed by atoms with van der Waals surface area (Å²) in [4.78, 5) is 14.0. The van der Waals surface area contributed by atoms with Gasteiger partial charge in [0.15, 0.2) is 6.04 Å². The molecule has 12 heteroatoms. The number of alkyl halides is 3. The maximum absolute atomic E-state index is 13.9. The average molecular weight is 519 g/mol. The van der Waals surface area contributed by atoms with Gasteiger partial charge in [0.25, 0.3) is 5.91 Å². The molecule has 2 N–H and O–H groups in total. The number of hydrogen-bond donors (Lipinski definition) is 2. The maximum Gasteiger partial charge on any atom is 0.410 e. The van der Waals surface area contributed by atoms with E-state index in [1.54, 1.807) is 48.2 Å². The molecule has 5 rings (SSSR count). The minimum atomic E-state index is -4.53. The lowest BCUT2D eigenvalue weighted by atomic mass is 10.0. The normalized spacial score (nSPS) is 17.5. The van der Waals surface area contributed by atoms with E-state index in [1.165, 1.54) is 23.5 Å². The maximum atomic E-state index is 13.9. The van der Waals surface area contributed by atoms with Gasteiger partial charge in [-0.05, 0) is 43.0 Å². The highest BCUT2D eigenvalue weighted by Gasteiger charge is 2.47. The molecule has 4 aromatic rings. The van der Waals surface area contributed by atoms with Crippen molar-refractivity contribution in [3.05, 3.63) is 81.2 Å². The molecule has 7 nitrogen and oxygen atoms in total. The molecule has 1 aliphatic heterocycles. The fourth-order valence-electron chi connectivity index (χ4n) is 4.38. The van der Waals surface area contributed by atoms with Gasteiger partial charge in [-0.1, -0.05) is 18.2 Å². The predicted molar refractivity (Wildman–Crippen MR) is 128 cm³/mol. The Morgan fingerprint density at radius 2 is 1.97 bits per heavy atom. The van der Waals surface area contributed by atoms with Crippen molar-refractivity contribution in [2.24, 2.45) is 0 Å². The van der Waals surface area contributed by atoms with Gasteiger partial charge in [-0.2, -0.15) is 23.4 Å². The van der Waals surface area contributed by atoms with Crippen LogP contribution in [0.3, 0.4) is 0 Å². The SMILES string of the molecule is Cc1nn(Cc2ccc(F)cc2)c(C)c1NC(=O)c1cnn2c1N[C@H](c1cccs1)C[C@H]2C(F)(F)F. The van der Waals surface area contributed by atoms with Crippen LogP contribution in [-0.4, -0.2) is 31.6 Å². The Labute approximate surface area is 207 Å². The van der Waals surface area contributed by atoms with Crippen LogP contribution in [0.1, 0.15) is 50.7 Å². The molecule has 0 radical (unpaired) electrons. The number of amides is 1. The zero-order valence-electron chi connectivity index (χ0n) is 19.3. The topological polar surface area (TPSA) is 76.8 Å². The van der Waals surface area contributed by atoms with Crippen molar-refractivity contribution in [2.45, 2.75) is 45.1 Å². The summed E-state index contributed by atoms with van der Waals surface area (Å²) in [5, 5.41) is 16.1. The fourth-order valence-corrected chi connectivity index (χ4v) is 5.17. The second-order valence-corrected chi connectivity index (χ2v) is 9.62. The van der Waals surface area contributed by atoms with Gasteiger partial charge in [-0.3, -0.25) is 9.48 Å². The van der Waals surface area contributed by atoms with Crippen LogP contribution in [0.2, 0.25) is 0 Å². The van der Waals surface area contributed by atoms with Crippen LogP contribution < -0.4 is 10.6 Å². The van der Waals surface area contributed by atoms with Gasteiger partial charge in [-0.15, -0.1) is 11.3 Å². The second kappa shape index (κ2) is 9.08. The molecule has 0 aliphatic carbocycles. The third-order valence-electron chi connectivity index (χ3n) is 6.24. The van der Waals surface area contributed by atoms with Crippen molar-refractivity contribution < 1.29 is 22.4 Å². The lowest BCUT2D eigenvalue weighted by Crippen LogP contribution is -2.36. The Morgan fingerprint density at radius 3 is 2.64 bits per heavy atom. The molecule has 1 aromatic carbocycles. The molecule has 1 aliphatic rings. The first-order chi connectivity index (χ1) is 17.1. The standard InChI is InChI=1S/C24H22F4N6OS/c1-13-21(14(2)33(32-13)12-15-5-7-16(25)8-6-15)31-23(35)17-11-29-34-20(24(26,27)28)10-18(30-22(17)34)19-4-3-9-36-19/h3-9,11,18,20,30H,10,12H2,1-2H3,(H,31,35)/t18-,20-/m0/s1. The van der Waals surface area contributed by atoms with Crippen LogP contribution in [0.25, 0.3) is 0 Å². The highest BCUT2D eigenvalue weighted by atomic mass is 32.1. The third-order valence-corrected chi connectivity index (χ3v) is 7.22. The number of halogens is 4. The monoisotopic (exact) mass is 518 g/mol. The van der Waals surface area contributed by atoms with E-state index >= 15 is 0 Å². The molecule has 4 heterocycles. The van der Waals surface area contributed by atoms with E-state index < -0.39 is 24.2 Å². The first kappa shape index (κ1) is 24.0. The summed E-state index contributed by atoms with van der Waals surface area (Å²) in [5.74, 6) is -0.912. The minimum Gasteiger partial charge on any atom is -0.362 e. The predicted octanol–water partition coefficient (Wildman–Crippen LogP) is 5.86. The summed E-state index contributed by atoms with van der Waals surface area (Å²) in [6.07, 6.45) is -3.60. The van der Waals surface area contributed by atoms with E-state index in [-0.39, 0.29) is 23.6 Å². The van der Waals surface area contributed by atoms with E-state index in [9.17, 15) is 22.4 Å². The zero-order valence-corrected chi connectivity index (χ0v) is 20.1. The lowest BCUT2D eigenvalue weighted by molar-refractivity contribution is -0.173. The molecule has 0 bridgehead atoms. The molecule has 0 fully saturated rings. The van der Waals surface area contributed by atoms with Crippen LogP contribution in [0, 0.1) is 19.7 Å². The van der Waals surface area contributed by atoms with Crippen LogP contribution in [0.15, 0.2) is 48.0 Å². The molecule has 1 amide bonds. The summed E-state index contributed by atoms with van der Waals surface area (Å²) in [6.45, 7) is 3.86. The van der Waals surface area contributed by atoms with E-state index in [0.717, 1.165) is 21.3 Å². The van der Waals surface area contributed by atoms with Crippen molar-refractivity contribution in [1.29, 1.82) is 0 Å². The Morgan fingerprint density at radius 1 is 1.22 bits per heavy atom. The highest BCUT2D eigenvalue weighted by Crippen LogP contribution is 2.45. The fraction of sp³-hybridized carbons (Fsp3) is 0.292. The lowest BCUT2D eigenvalue weighted by Gasteiger charge is -2.33. The number of benzene rings is 1. The van der Waals surface area contributed by atoms with Crippen LogP contribution in [0.4, 0.5) is 29.1 Å². The Balaban J connectivity index is 1.42. The highest BCUT2D eigenvalue weighted by molar-refractivity contribution is 7.10. The van der Waals surface area contributed by atoms with Crippen LogP contribution in [-0.2, 0) is 6.54 Å². The van der Waals surface area contributed by atoms with Crippen molar-refractivity contribution in [2.75, 3.05) is 10.6 Å². The van der Waals surface area contributed by atoms with Crippen molar-refractivity contribution in [3.8, 4) is 0 Å². The Bertz CT molecular complexity index is 1390. The number of hydrogen-bond acceptors (Lipinski definition) is 5. The minimum absolute atomic E-state index is 0.00981. The van der Waals surface area contributed by atoms with Gasteiger partial charge in [0.1, 0.15) is 17.2 Å². The number of carbonyl (C=O) groups excluding carboxylic acids is 1. The number of rotatable bonds is 5. The number of fused-ring (bicyclic) bond motifs is 1.